The zero-order valence-electron chi connectivity index (χ0n) is 9.19. The second-order valence-electron chi connectivity index (χ2n) is 4.01. The van der Waals surface area contributed by atoms with Crippen molar-refractivity contribution in [3.8, 4) is 0 Å². The summed E-state index contributed by atoms with van der Waals surface area (Å²) in [5.41, 5.74) is 8.70. The molecule has 2 N–H and O–H groups in total. The van der Waals surface area contributed by atoms with Gasteiger partial charge in [0.2, 0.25) is 5.91 Å². The number of anilines is 2. The van der Waals surface area contributed by atoms with Crippen molar-refractivity contribution in [3.63, 3.8) is 0 Å². The zero-order valence-corrected chi connectivity index (χ0v) is 9.19. The SMILES string of the molecule is CN(C)c1ccc2c(c1)N(C)C(=O)C2N. The Morgan fingerprint density at radius 3 is 2.67 bits per heavy atom. The number of fused-ring (bicyclic) bond motifs is 1. The van der Waals surface area contributed by atoms with Gasteiger partial charge in [-0.25, -0.2) is 0 Å². The quantitative estimate of drug-likeness (QED) is 0.735. The third kappa shape index (κ3) is 1.37. The summed E-state index contributed by atoms with van der Waals surface area (Å²) in [5, 5.41) is 0. The highest BCUT2D eigenvalue weighted by molar-refractivity contribution is 6.04. The number of benzene rings is 1. The van der Waals surface area contributed by atoms with Crippen molar-refractivity contribution in [3.05, 3.63) is 23.8 Å². The molecule has 0 radical (unpaired) electrons. The van der Waals surface area contributed by atoms with Gasteiger partial charge in [0.25, 0.3) is 0 Å². The van der Waals surface area contributed by atoms with Crippen LogP contribution in [0.4, 0.5) is 11.4 Å². The van der Waals surface area contributed by atoms with E-state index in [0.717, 1.165) is 16.9 Å². The zero-order chi connectivity index (χ0) is 11.2. The van der Waals surface area contributed by atoms with Gasteiger partial charge in [0.1, 0.15) is 6.04 Å². The van der Waals surface area contributed by atoms with Crippen molar-refractivity contribution in [2.45, 2.75) is 6.04 Å². The Hall–Kier alpha value is -1.55. The number of carbonyl (C=O) groups is 1. The van der Waals surface area contributed by atoms with Crippen LogP contribution in [0.5, 0.6) is 0 Å². The van der Waals surface area contributed by atoms with E-state index < -0.39 is 6.04 Å². The van der Waals surface area contributed by atoms with Gasteiger partial charge in [-0.2, -0.15) is 0 Å². The summed E-state index contributed by atoms with van der Waals surface area (Å²) in [6, 6.07) is 5.39. The Balaban J connectivity index is 2.51. The van der Waals surface area contributed by atoms with E-state index in [1.807, 2.05) is 37.2 Å². The Morgan fingerprint density at radius 1 is 1.40 bits per heavy atom. The number of nitrogens with zero attached hydrogens (tertiary/aromatic N) is 2. The number of carbonyl (C=O) groups excluding carboxylic acids is 1. The minimum absolute atomic E-state index is 0.0408. The van der Waals surface area contributed by atoms with Gasteiger partial charge in [-0.15, -0.1) is 0 Å². The molecule has 1 aliphatic rings. The molecule has 0 fully saturated rings. The summed E-state index contributed by atoms with van der Waals surface area (Å²) < 4.78 is 0. The average Bonchev–Trinajstić information content (AvgIpc) is 2.44. The molecule has 1 aromatic rings. The van der Waals surface area contributed by atoms with E-state index in [-0.39, 0.29) is 5.91 Å². The number of amides is 1. The van der Waals surface area contributed by atoms with Gasteiger partial charge < -0.3 is 15.5 Å². The van der Waals surface area contributed by atoms with Gasteiger partial charge in [0.15, 0.2) is 0 Å². The number of likely N-dealkylation sites (N-methyl/N-ethyl adjacent to an activating group) is 1. The monoisotopic (exact) mass is 205 g/mol. The fourth-order valence-electron chi connectivity index (χ4n) is 1.82. The van der Waals surface area contributed by atoms with E-state index in [2.05, 4.69) is 0 Å². The molecule has 1 aromatic carbocycles. The fourth-order valence-corrected chi connectivity index (χ4v) is 1.82. The first-order valence-electron chi connectivity index (χ1n) is 4.87. The minimum Gasteiger partial charge on any atom is -0.378 e. The maximum atomic E-state index is 11.6. The van der Waals surface area contributed by atoms with E-state index in [4.69, 9.17) is 5.73 Å². The van der Waals surface area contributed by atoms with E-state index >= 15 is 0 Å². The summed E-state index contributed by atoms with van der Waals surface area (Å²) in [4.78, 5) is 15.3. The Morgan fingerprint density at radius 2 is 2.07 bits per heavy atom. The fraction of sp³-hybridized carbons (Fsp3) is 0.364. The Kier molecular flexibility index (Phi) is 2.16. The van der Waals surface area contributed by atoms with Crippen molar-refractivity contribution in [1.29, 1.82) is 0 Å². The predicted molar refractivity (Wildman–Crippen MR) is 61.1 cm³/mol. The molecule has 15 heavy (non-hydrogen) atoms. The summed E-state index contributed by atoms with van der Waals surface area (Å²) >= 11 is 0. The molecule has 1 unspecified atom stereocenters. The third-order valence-electron chi connectivity index (χ3n) is 2.82. The van der Waals surface area contributed by atoms with E-state index in [9.17, 15) is 4.79 Å². The van der Waals surface area contributed by atoms with E-state index in [1.165, 1.54) is 0 Å². The van der Waals surface area contributed by atoms with Crippen LogP contribution in [0.1, 0.15) is 11.6 Å². The number of hydrogen-bond acceptors (Lipinski definition) is 3. The summed E-state index contributed by atoms with van der Waals surface area (Å²) in [7, 11) is 5.70. The summed E-state index contributed by atoms with van der Waals surface area (Å²) in [5.74, 6) is -0.0408. The molecule has 0 spiro atoms. The smallest absolute Gasteiger partial charge is 0.248 e. The minimum atomic E-state index is -0.499. The Labute approximate surface area is 89.3 Å². The average molecular weight is 205 g/mol. The van der Waals surface area contributed by atoms with Crippen molar-refractivity contribution >= 4 is 17.3 Å². The predicted octanol–water partition coefficient (Wildman–Crippen LogP) is 0.729. The van der Waals surface area contributed by atoms with Crippen LogP contribution in [0, 0.1) is 0 Å². The van der Waals surface area contributed by atoms with Crippen LogP contribution in [-0.2, 0) is 4.79 Å². The molecule has 1 heterocycles. The molecule has 4 nitrogen and oxygen atoms in total. The van der Waals surface area contributed by atoms with Crippen molar-refractivity contribution in [2.24, 2.45) is 5.73 Å². The first-order valence-corrected chi connectivity index (χ1v) is 4.87. The van der Waals surface area contributed by atoms with Gasteiger partial charge in [0.05, 0.1) is 5.69 Å². The molecule has 80 valence electrons. The molecule has 0 saturated carbocycles. The molecular weight excluding hydrogens is 190 g/mol. The normalized spacial score (nSPS) is 19.3. The first kappa shape index (κ1) is 9.98. The maximum absolute atomic E-state index is 11.6. The van der Waals surface area contributed by atoms with Crippen LogP contribution in [0.15, 0.2) is 18.2 Å². The highest BCUT2D eigenvalue weighted by atomic mass is 16.2. The largest absolute Gasteiger partial charge is 0.378 e. The van der Waals surface area contributed by atoms with Crippen LogP contribution in [0.25, 0.3) is 0 Å². The van der Waals surface area contributed by atoms with Gasteiger partial charge in [0, 0.05) is 32.4 Å². The first-order chi connectivity index (χ1) is 7.02. The topological polar surface area (TPSA) is 49.6 Å². The Bertz CT molecular complexity index is 414. The summed E-state index contributed by atoms with van der Waals surface area (Å²) in [6.45, 7) is 0. The lowest BCUT2D eigenvalue weighted by Crippen LogP contribution is -2.27. The molecular formula is C11H15N3O. The van der Waals surface area contributed by atoms with Crippen LogP contribution >= 0.6 is 0 Å². The highest BCUT2D eigenvalue weighted by Gasteiger charge is 2.32. The van der Waals surface area contributed by atoms with Gasteiger partial charge in [-0.3, -0.25) is 4.79 Å². The van der Waals surface area contributed by atoms with Crippen LogP contribution in [-0.4, -0.2) is 27.1 Å². The van der Waals surface area contributed by atoms with Crippen LogP contribution in [0.2, 0.25) is 0 Å². The lowest BCUT2D eigenvalue weighted by atomic mass is 10.1. The molecule has 1 atom stereocenters. The van der Waals surface area contributed by atoms with Crippen LogP contribution in [0.3, 0.4) is 0 Å². The van der Waals surface area contributed by atoms with Gasteiger partial charge in [-0.05, 0) is 12.1 Å². The van der Waals surface area contributed by atoms with Crippen molar-refractivity contribution in [1.82, 2.24) is 0 Å². The lowest BCUT2D eigenvalue weighted by molar-refractivity contribution is -0.118. The van der Waals surface area contributed by atoms with Gasteiger partial charge in [-0.1, -0.05) is 6.07 Å². The molecule has 0 aliphatic carbocycles. The lowest BCUT2D eigenvalue weighted by Gasteiger charge is -2.16. The van der Waals surface area contributed by atoms with Crippen molar-refractivity contribution in [2.75, 3.05) is 30.9 Å². The highest BCUT2D eigenvalue weighted by Crippen LogP contribution is 2.35. The number of rotatable bonds is 1. The van der Waals surface area contributed by atoms with Crippen LogP contribution < -0.4 is 15.5 Å². The molecule has 2 rings (SSSR count). The maximum Gasteiger partial charge on any atom is 0.248 e. The molecule has 1 amide bonds. The van der Waals surface area contributed by atoms with Crippen molar-refractivity contribution < 1.29 is 4.79 Å². The molecule has 0 aromatic heterocycles. The molecule has 4 heteroatoms. The molecule has 0 saturated heterocycles. The number of nitrogens with two attached hydrogens (primary N) is 1. The number of hydrogen-bond donors (Lipinski definition) is 1. The molecule has 0 bridgehead atoms. The molecule has 1 aliphatic heterocycles. The van der Waals surface area contributed by atoms with E-state index in [0.29, 0.717) is 0 Å². The second kappa shape index (κ2) is 3.24. The second-order valence-corrected chi connectivity index (χ2v) is 4.01. The summed E-state index contributed by atoms with van der Waals surface area (Å²) in [6.07, 6.45) is 0. The van der Waals surface area contributed by atoms with E-state index in [1.54, 1.807) is 11.9 Å². The third-order valence-corrected chi connectivity index (χ3v) is 2.82. The van der Waals surface area contributed by atoms with Gasteiger partial charge >= 0.3 is 0 Å². The standard InChI is InChI=1S/C11H15N3O/c1-13(2)7-4-5-8-9(6-7)14(3)11(15)10(8)12/h4-6,10H,12H2,1-3H3.